The summed E-state index contributed by atoms with van der Waals surface area (Å²) < 4.78 is 65.9. The molecule has 1 unspecified atom stereocenters. The van der Waals surface area contributed by atoms with Crippen LogP contribution in [-0.2, 0) is 19.6 Å². The third kappa shape index (κ3) is 6.16. The Morgan fingerprint density at radius 2 is 1.90 bits per heavy atom. The van der Waals surface area contributed by atoms with Crippen LogP contribution in [0.15, 0.2) is 0 Å². The predicted octanol–water partition coefficient (Wildman–Crippen LogP) is -0.922. The first-order valence-corrected chi connectivity index (χ1v) is 7.81. The molecule has 1 fully saturated rings. The van der Waals surface area contributed by atoms with E-state index in [1.165, 1.54) is 4.31 Å². The Bertz CT molecular complexity index is 448. The van der Waals surface area contributed by atoms with Crippen LogP contribution >= 0.6 is 0 Å². The second kappa shape index (κ2) is 7.38. The number of amides is 1. The average Bonchev–Trinajstić information content (AvgIpc) is 2.42. The van der Waals surface area contributed by atoms with Crippen LogP contribution in [0.5, 0.6) is 0 Å². The van der Waals surface area contributed by atoms with E-state index in [2.05, 4.69) is 0 Å². The average molecular weight is 334 g/mol. The Morgan fingerprint density at radius 3 is 2.43 bits per heavy atom. The number of nitrogens with one attached hydrogen (secondary N) is 1. The molecule has 0 aliphatic carbocycles. The molecule has 124 valence electrons. The van der Waals surface area contributed by atoms with Gasteiger partial charge in [-0.3, -0.25) is 4.79 Å². The molecule has 1 aliphatic heterocycles. The minimum absolute atomic E-state index is 0.191. The fourth-order valence-electron chi connectivity index (χ4n) is 1.59. The van der Waals surface area contributed by atoms with Gasteiger partial charge in [-0.25, -0.2) is 8.42 Å². The van der Waals surface area contributed by atoms with Gasteiger partial charge in [0, 0.05) is 19.5 Å². The molecule has 1 amide bonds. The van der Waals surface area contributed by atoms with E-state index in [1.54, 1.807) is 0 Å². The molecule has 0 aromatic heterocycles. The summed E-state index contributed by atoms with van der Waals surface area (Å²) in [5.41, 5.74) is 0. The first-order valence-electron chi connectivity index (χ1n) is 6.20. The van der Waals surface area contributed by atoms with Crippen LogP contribution in [0.25, 0.3) is 0 Å². The molecule has 0 saturated carbocycles. The molecule has 1 heterocycles. The number of halogens is 3. The summed E-state index contributed by atoms with van der Waals surface area (Å²) in [4.78, 5) is 11.3. The monoisotopic (exact) mass is 334 g/mol. The Labute approximate surface area is 120 Å². The Morgan fingerprint density at radius 1 is 1.33 bits per heavy atom. The number of morpholine rings is 1. The lowest BCUT2D eigenvalue weighted by Crippen LogP contribution is -2.43. The molecule has 0 radical (unpaired) electrons. The van der Waals surface area contributed by atoms with E-state index in [9.17, 15) is 26.4 Å². The fourth-order valence-corrected chi connectivity index (χ4v) is 3.00. The van der Waals surface area contributed by atoms with E-state index in [-0.39, 0.29) is 26.3 Å². The van der Waals surface area contributed by atoms with Crippen molar-refractivity contribution in [3.63, 3.8) is 0 Å². The van der Waals surface area contributed by atoms with E-state index >= 15 is 0 Å². The zero-order chi connectivity index (χ0) is 16.1. The van der Waals surface area contributed by atoms with Crippen LogP contribution in [-0.4, -0.2) is 74.6 Å². The Balaban J connectivity index is 2.35. The topological polar surface area (TPSA) is 95.9 Å². The molecule has 1 rings (SSSR count). The highest BCUT2D eigenvalue weighted by molar-refractivity contribution is 7.89. The quantitative estimate of drug-likeness (QED) is 0.655. The zero-order valence-corrected chi connectivity index (χ0v) is 11.9. The molecule has 7 nitrogen and oxygen atoms in total. The number of alkyl halides is 3. The summed E-state index contributed by atoms with van der Waals surface area (Å²) in [5.74, 6) is -1.36. The van der Waals surface area contributed by atoms with Crippen LogP contribution in [0.1, 0.15) is 6.42 Å². The standard InChI is InChI=1S/C10H17F3N2O5S/c11-10(12,13)8(16)7-14-9(17)1-6-21(18,19)15-2-4-20-5-3-15/h8,16H,1-7H2,(H,14,17). The van der Waals surface area contributed by atoms with Crippen molar-refractivity contribution >= 4 is 15.9 Å². The van der Waals surface area contributed by atoms with Crippen LogP contribution in [0, 0.1) is 0 Å². The van der Waals surface area contributed by atoms with Gasteiger partial charge in [0.1, 0.15) is 0 Å². The van der Waals surface area contributed by atoms with E-state index in [0.29, 0.717) is 0 Å². The zero-order valence-electron chi connectivity index (χ0n) is 11.1. The van der Waals surface area contributed by atoms with Crippen molar-refractivity contribution in [2.75, 3.05) is 38.6 Å². The lowest BCUT2D eigenvalue weighted by molar-refractivity contribution is -0.201. The van der Waals surface area contributed by atoms with Gasteiger partial charge in [0.2, 0.25) is 15.9 Å². The summed E-state index contributed by atoms with van der Waals surface area (Å²) in [6, 6.07) is 0. The van der Waals surface area contributed by atoms with Crippen molar-refractivity contribution in [1.29, 1.82) is 0 Å². The van der Waals surface area contributed by atoms with Crippen molar-refractivity contribution in [3.8, 4) is 0 Å². The van der Waals surface area contributed by atoms with E-state index in [4.69, 9.17) is 9.84 Å². The number of carbonyl (C=O) groups excluding carboxylic acids is 1. The third-order valence-electron chi connectivity index (χ3n) is 2.82. The van der Waals surface area contributed by atoms with Gasteiger partial charge in [-0.05, 0) is 0 Å². The van der Waals surface area contributed by atoms with Crippen molar-refractivity contribution in [2.24, 2.45) is 0 Å². The molecule has 0 aromatic rings. The maximum atomic E-state index is 12.0. The highest BCUT2D eigenvalue weighted by Crippen LogP contribution is 2.19. The Kier molecular flexibility index (Phi) is 6.38. The number of rotatable bonds is 6. The van der Waals surface area contributed by atoms with Gasteiger partial charge in [0.05, 0.1) is 25.5 Å². The minimum Gasteiger partial charge on any atom is -0.382 e. The molecule has 21 heavy (non-hydrogen) atoms. The fraction of sp³-hybridized carbons (Fsp3) is 0.900. The number of aliphatic hydroxyl groups is 1. The normalized spacial score (nSPS) is 19.2. The second-order valence-electron chi connectivity index (χ2n) is 4.44. The molecule has 1 atom stereocenters. The van der Waals surface area contributed by atoms with Crippen molar-refractivity contribution < 1.29 is 36.2 Å². The summed E-state index contributed by atoms with van der Waals surface area (Å²) in [6.45, 7) is -0.0835. The molecule has 2 N–H and O–H groups in total. The number of hydrogen-bond donors (Lipinski definition) is 2. The molecular formula is C10H17F3N2O5S. The van der Waals surface area contributed by atoms with Crippen molar-refractivity contribution in [3.05, 3.63) is 0 Å². The molecule has 0 bridgehead atoms. The van der Waals surface area contributed by atoms with Crippen LogP contribution in [0.2, 0.25) is 0 Å². The maximum absolute atomic E-state index is 12.0. The summed E-state index contributed by atoms with van der Waals surface area (Å²) in [6.07, 6.45) is -7.96. The van der Waals surface area contributed by atoms with Crippen LogP contribution in [0.3, 0.4) is 0 Å². The lowest BCUT2D eigenvalue weighted by atomic mass is 10.3. The van der Waals surface area contributed by atoms with Gasteiger partial charge in [-0.2, -0.15) is 17.5 Å². The van der Waals surface area contributed by atoms with E-state index in [1.807, 2.05) is 5.32 Å². The molecular weight excluding hydrogens is 317 g/mol. The lowest BCUT2D eigenvalue weighted by Gasteiger charge is -2.25. The van der Waals surface area contributed by atoms with Gasteiger partial charge in [-0.1, -0.05) is 0 Å². The van der Waals surface area contributed by atoms with Gasteiger partial charge in [0.25, 0.3) is 0 Å². The van der Waals surface area contributed by atoms with E-state index in [0.717, 1.165) is 0 Å². The smallest absolute Gasteiger partial charge is 0.382 e. The molecule has 11 heteroatoms. The number of carbonyl (C=O) groups is 1. The molecule has 1 aliphatic rings. The van der Waals surface area contributed by atoms with Crippen molar-refractivity contribution in [2.45, 2.75) is 18.7 Å². The van der Waals surface area contributed by atoms with Crippen LogP contribution in [0.4, 0.5) is 13.2 Å². The molecule has 1 saturated heterocycles. The van der Waals surface area contributed by atoms with Crippen LogP contribution < -0.4 is 5.32 Å². The Hall–Kier alpha value is -0.910. The second-order valence-corrected chi connectivity index (χ2v) is 6.53. The number of nitrogens with zero attached hydrogens (tertiary/aromatic N) is 1. The number of hydrogen-bond acceptors (Lipinski definition) is 5. The first kappa shape index (κ1) is 18.1. The van der Waals surface area contributed by atoms with Gasteiger partial charge < -0.3 is 15.2 Å². The molecule has 0 aromatic carbocycles. The predicted molar refractivity (Wildman–Crippen MR) is 65.9 cm³/mol. The number of ether oxygens (including phenoxy) is 1. The number of aliphatic hydroxyl groups excluding tert-OH is 1. The third-order valence-corrected chi connectivity index (χ3v) is 4.69. The highest BCUT2D eigenvalue weighted by atomic mass is 32.2. The summed E-state index contributed by atoms with van der Waals surface area (Å²) >= 11 is 0. The van der Waals surface area contributed by atoms with Gasteiger partial charge in [-0.15, -0.1) is 0 Å². The SMILES string of the molecule is O=C(CCS(=O)(=O)N1CCOCC1)NCC(O)C(F)(F)F. The summed E-state index contributed by atoms with van der Waals surface area (Å²) in [5, 5.41) is 10.5. The maximum Gasteiger partial charge on any atom is 0.416 e. The van der Waals surface area contributed by atoms with E-state index < -0.39 is 46.9 Å². The van der Waals surface area contributed by atoms with Gasteiger partial charge >= 0.3 is 6.18 Å². The molecule has 0 spiro atoms. The van der Waals surface area contributed by atoms with Gasteiger partial charge in [0.15, 0.2) is 6.10 Å². The highest BCUT2D eigenvalue weighted by Gasteiger charge is 2.38. The largest absolute Gasteiger partial charge is 0.416 e. The summed E-state index contributed by atoms with van der Waals surface area (Å²) in [7, 11) is -3.64. The van der Waals surface area contributed by atoms with Crippen molar-refractivity contribution in [1.82, 2.24) is 9.62 Å². The first-order chi connectivity index (χ1) is 9.63. The minimum atomic E-state index is -4.83. The number of sulfonamides is 1.